The second-order valence-electron chi connectivity index (χ2n) is 6.47. The van der Waals surface area contributed by atoms with Crippen molar-refractivity contribution < 1.29 is 9.59 Å². The fraction of sp³-hybridized carbons (Fsp3) is 0.333. The molecule has 150 valence electrons. The molecule has 28 heavy (non-hydrogen) atoms. The van der Waals surface area contributed by atoms with E-state index in [4.69, 9.17) is 23.2 Å². The van der Waals surface area contributed by atoms with Gasteiger partial charge in [-0.25, -0.2) is 0 Å². The third-order valence-corrected chi connectivity index (χ3v) is 6.07. The Morgan fingerprint density at radius 3 is 2.50 bits per heavy atom. The average molecular weight is 439 g/mol. The van der Waals surface area contributed by atoms with E-state index >= 15 is 0 Å². The molecule has 1 atom stereocenters. The number of aryl methyl sites for hydroxylation is 1. The molecular formula is C21H24Cl2N2O2S. The van der Waals surface area contributed by atoms with E-state index in [9.17, 15) is 9.59 Å². The second kappa shape index (κ2) is 10.7. The Balaban J connectivity index is 2.07. The Hall–Kier alpha value is -1.69. The lowest BCUT2D eigenvalue weighted by molar-refractivity contribution is -0.138. The first-order chi connectivity index (χ1) is 13.3. The minimum atomic E-state index is -0.558. The van der Waals surface area contributed by atoms with Crippen LogP contribution in [0.1, 0.15) is 23.6 Å². The molecule has 0 unspecified atom stereocenters. The molecule has 0 heterocycles. The molecule has 7 heteroatoms. The van der Waals surface area contributed by atoms with E-state index in [1.54, 1.807) is 31.0 Å². The Morgan fingerprint density at radius 1 is 1.14 bits per heavy atom. The van der Waals surface area contributed by atoms with Crippen LogP contribution in [0.2, 0.25) is 10.0 Å². The summed E-state index contributed by atoms with van der Waals surface area (Å²) in [5.41, 5.74) is 3.04. The van der Waals surface area contributed by atoms with Crippen molar-refractivity contribution in [2.24, 2.45) is 0 Å². The van der Waals surface area contributed by atoms with E-state index in [0.717, 1.165) is 16.7 Å². The maximum atomic E-state index is 12.9. The monoisotopic (exact) mass is 438 g/mol. The fourth-order valence-electron chi connectivity index (χ4n) is 2.73. The summed E-state index contributed by atoms with van der Waals surface area (Å²) in [4.78, 5) is 26.7. The number of carbonyl (C=O) groups is 2. The molecule has 0 fully saturated rings. The van der Waals surface area contributed by atoms with Crippen LogP contribution in [0.4, 0.5) is 0 Å². The molecule has 4 nitrogen and oxygen atoms in total. The van der Waals surface area contributed by atoms with Crippen LogP contribution in [-0.2, 0) is 21.9 Å². The van der Waals surface area contributed by atoms with Gasteiger partial charge in [0.15, 0.2) is 0 Å². The maximum absolute atomic E-state index is 12.9. The van der Waals surface area contributed by atoms with Gasteiger partial charge < -0.3 is 10.2 Å². The molecule has 0 saturated heterocycles. The number of hydrogen-bond acceptors (Lipinski definition) is 3. The third-order valence-electron chi connectivity index (χ3n) is 4.51. The minimum Gasteiger partial charge on any atom is -0.357 e. The Morgan fingerprint density at radius 2 is 1.86 bits per heavy atom. The molecule has 2 amide bonds. The van der Waals surface area contributed by atoms with Gasteiger partial charge in [0.1, 0.15) is 6.04 Å². The second-order valence-corrected chi connectivity index (χ2v) is 8.30. The summed E-state index contributed by atoms with van der Waals surface area (Å²) < 4.78 is 0. The van der Waals surface area contributed by atoms with Crippen molar-refractivity contribution in [1.29, 1.82) is 0 Å². The van der Waals surface area contributed by atoms with Gasteiger partial charge in [0.05, 0.1) is 5.75 Å². The highest BCUT2D eigenvalue weighted by atomic mass is 35.5. The van der Waals surface area contributed by atoms with Gasteiger partial charge in [0, 0.05) is 29.4 Å². The summed E-state index contributed by atoms with van der Waals surface area (Å²) >= 11 is 13.6. The number of likely N-dealkylation sites (N-methyl/N-ethyl adjacent to an activating group) is 1. The van der Waals surface area contributed by atoms with Gasteiger partial charge >= 0.3 is 0 Å². The Labute approximate surface area is 180 Å². The molecule has 2 rings (SSSR count). The number of hydrogen-bond donors (Lipinski definition) is 1. The lowest BCUT2D eigenvalue weighted by Crippen LogP contribution is -2.47. The number of nitrogens with one attached hydrogen (secondary N) is 1. The number of nitrogens with zero attached hydrogens (tertiary/aromatic N) is 1. The van der Waals surface area contributed by atoms with Crippen molar-refractivity contribution in [2.75, 3.05) is 12.8 Å². The molecule has 2 aromatic carbocycles. The number of amides is 2. The number of thioether (sulfide) groups is 1. The smallest absolute Gasteiger partial charge is 0.242 e. The highest BCUT2D eigenvalue weighted by molar-refractivity contribution is 7.99. The van der Waals surface area contributed by atoms with Gasteiger partial charge in [-0.05, 0) is 42.7 Å². The molecule has 0 spiro atoms. The summed E-state index contributed by atoms with van der Waals surface area (Å²) in [5, 5.41) is 3.79. The van der Waals surface area contributed by atoms with Gasteiger partial charge in [-0.3, -0.25) is 9.59 Å². The van der Waals surface area contributed by atoms with E-state index in [1.165, 1.54) is 11.8 Å². The van der Waals surface area contributed by atoms with Crippen LogP contribution in [-0.4, -0.2) is 35.6 Å². The number of benzene rings is 2. The Bertz CT molecular complexity index is 845. The van der Waals surface area contributed by atoms with Crippen LogP contribution < -0.4 is 5.32 Å². The quantitative estimate of drug-likeness (QED) is 0.649. The van der Waals surface area contributed by atoms with Crippen molar-refractivity contribution >= 4 is 46.8 Å². The molecular weight excluding hydrogens is 415 g/mol. The van der Waals surface area contributed by atoms with Crippen LogP contribution >= 0.6 is 35.0 Å². The van der Waals surface area contributed by atoms with E-state index in [1.807, 2.05) is 37.3 Å². The first-order valence-corrected chi connectivity index (χ1v) is 10.8. The van der Waals surface area contributed by atoms with Crippen LogP contribution in [0.3, 0.4) is 0 Å². The van der Waals surface area contributed by atoms with Crippen LogP contribution in [0, 0.1) is 6.92 Å². The van der Waals surface area contributed by atoms with Gasteiger partial charge in [-0.2, -0.15) is 0 Å². The van der Waals surface area contributed by atoms with Gasteiger partial charge in [-0.1, -0.05) is 53.5 Å². The molecule has 0 saturated carbocycles. The summed E-state index contributed by atoms with van der Waals surface area (Å²) in [6, 6.07) is 12.7. The van der Waals surface area contributed by atoms with E-state index in [2.05, 4.69) is 5.32 Å². The molecule has 0 radical (unpaired) electrons. The summed E-state index contributed by atoms with van der Waals surface area (Å²) in [5.74, 6) is 0.572. The highest BCUT2D eigenvalue weighted by Crippen LogP contribution is 2.25. The highest BCUT2D eigenvalue weighted by Gasteiger charge is 2.25. The van der Waals surface area contributed by atoms with E-state index in [0.29, 0.717) is 22.3 Å². The topological polar surface area (TPSA) is 49.4 Å². The fourth-order valence-corrected chi connectivity index (χ4v) is 4.20. The molecule has 2 aromatic rings. The first-order valence-electron chi connectivity index (χ1n) is 8.90. The Kier molecular flexibility index (Phi) is 8.67. The number of carbonyl (C=O) groups excluding carboxylic acids is 2. The lowest BCUT2D eigenvalue weighted by Gasteiger charge is -2.29. The van der Waals surface area contributed by atoms with Crippen LogP contribution in [0.5, 0.6) is 0 Å². The molecule has 0 bridgehead atoms. The van der Waals surface area contributed by atoms with Crippen molar-refractivity contribution in [2.45, 2.75) is 32.2 Å². The molecule has 0 aliphatic rings. The van der Waals surface area contributed by atoms with Crippen molar-refractivity contribution in [3.63, 3.8) is 0 Å². The summed E-state index contributed by atoms with van der Waals surface area (Å²) in [6.45, 7) is 4.14. The predicted molar refractivity (Wildman–Crippen MR) is 118 cm³/mol. The third kappa shape index (κ3) is 6.16. The lowest BCUT2D eigenvalue weighted by atomic mass is 10.1. The van der Waals surface area contributed by atoms with Crippen LogP contribution in [0.25, 0.3) is 0 Å². The molecule has 0 aliphatic heterocycles. The SMILES string of the molecule is CNC(=O)[C@H](C)N(Cc1ccccc1C)C(=O)CSCc1ccc(Cl)cc1Cl. The van der Waals surface area contributed by atoms with E-state index in [-0.39, 0.29) is 17.6 Å². The largest absolute Gasteiger partial charge is 0.357 e. The van der Waals surface area contributed by atoms with Gasteiger partial charge in [0.25, 0.3) is 0 Å². The average Bonchev–Trinajstić information content (AvgIpc) is 2.67. The summed E-state index contributed by atoms with van der Waals surface area (Å²) in [6.07, 6.45) is 0. The zero-order chi connectivity index (χ0) is 20.7. The standard InChI is InChI=1S/C21H24Cl2N2O2S/c1-14-6-4-5-7-16(14)11-25(15(2)21(27)24-3)20(26)13-28-12-17-8-9-18(22)10-19(17)23/h4-10,15H,11-13H2,1-3H3,(H,24,27)/t15-/m0/s1. The van der Waals surface area contributed by atoms with Crippen molar-refractivity contribution in [3.8, 4) is 0 Å². The van der Waals surface area contributed by atoms with E-state index < -0.39 is 6.04 Å². The zero-order valence-electron chi connectivity index (χ0n) is 16.2. The molecule has 0 aliphatic carbocycles. The molecule has 1 N–H and O–H groups in total. The van der Waals surface area contributed by atoms with Crippen molar-refractivity contribution in [1.82, 2.24) is 10.2 Å². The number of halogens is 2. The van der Waals surface area contributed by atoms with Crippen LogP contribution in [0.15, 0.2) is 42.5 Å². The van der Waals surface area contributed by atoms with Crippen molar-refractivity contribution in [3.05, 3.63) is 69.2 Å². The summed E-state index contributed by atoms with van der Waals surface area (Å²) in [7, 11) is 1.58. The maximum Gasteiger partial charge on any atom is 0.242 e. The number of rotatable bonds is 8. The van der Waals surface area contributed by atoms with Gasteiger partial charge in [0.2, 0.25) is 11.8 Å². The zero-order valence-corrected chi connectivity index (χ0v) is 18.5. The first kappa shape index (κ1) is 22.6. The minimum absolute atomic E-state index is 0.0885. The van der Waals surface area contributed by atoms with Gasteiger partial charge in [-0.15, -0.1) is 11.8 Å². The predicted octanol–water partition coefficient (Wildman–Crippen LogP) is 4.70. The normalized spacial score (nSPS) is 11.8. The molecule has 0 aromatic heterocycles.